The number of hydrogen-bond donors (Lipinski definition) is 2. The number of carboxylic acid groups (broad SMARTS) is 1. The summed E-state index contributed by atoms with van der Waals surface area (Å²) in [4.78, 5) is 35.6. The Labute approximate surface area is 168 Å². The summed E-state index contributed by atoms with van der Waals surface area (Å²) in [5, 5.41) is 25.0. The highest BCUT2D eigenvalue weighted by Crippen LogP contribution is 2.73. The first kappa shape index (κ1) is 19.5. The number of nitrogens with zero attached hydrogens (tertiary/aromatic N) is 2. The number of carboxylic acids is 1. The van der Waals surface area contributed by atoms with Crippen LogP contribution in [0.4, 0.5) is 11.4 Å². The largest absolute Gasteiger partial charge is 0.481 e. The van der Waals surface area contributed by atoms with Gasteiger partial charge in [0, 0.05) is 35.1 Å². The number of aliphatic carboxylic acids is 1. The molecule has 154 valence electrons. The van der Waals surface area contributed by atoms with Gasteiger partial charge in [0.1, 0.15) is 5.78 Å². The molecule has 0 aromatic heterocycles. The van der Waals surface area contributed by atoms with E-state index in [2.05, 4.69) is 17.5 Å². The first-order valence-corrected chi connectivity index (χ1v) is 9.97. The highest BCUT2D eigenvalue weighted by Gasteiger charge is 2.75. The monoisotopic (exact) mass is 399 g/mol. The molecule has 0 amide bonds. The molecule has 8 heteroatoms. The molecule has 3 aliphatic rings. The number of nitro groups is 1. The average Bonchev–Trinajstić information content (AvgIpc) is 3.03. The van der Waals surface area contributed by atoms with Crippen molar-refractivity contribution in [3.63, 3.8) is 0 Å². The highest BCUT2D eigenvalue weighted by atomic mass is 16.6. The maximum absolute atomic E-state index is 13.5. The van der Waals surface area contributed by atoms with Crippen molar-refractivity contribution in [1.29, 1.82) is 0 Å². The molecule has 0 aliphatic heterocycles. The zero-order valence-electron chi connectivity index (χ0n) is 16.7. The summed E-state index contributed by atoms with van der Waals surface area (Å²) in [7, 11) is 0. The van der Waals surface area contributed by atoms with Crippen LogP contribution in [0.15, 0.2) is 29.4 Å². The number of hydrogen-bond acceptors (Lipinski definition) is 6. The summed E-state index contributed by atoms with van der Waals surface area (Å²) < 4.78 is 0. The van der Waals surface area contributed by atoms with Crippen LogP contribution in [0, 0.1) is 44.6 Å². The van der Waals surface area contributed by atoms with Crippen molar-refractivity contribution in [2.45, 2.75) is 40.0 Å². The topological polar surface area (TPSA) is 122 Å². The first-order chi connectivity index (χ1) is 13.6. The fraction of sp³-hybridized carbons (Fsp3) is 0.571. The normalized spacial score (nSPS) is 37.6. The Hall–Kier alpha value is -2.77. The van der Waals surface area contributed by atoms with E-state index in [-0.39, 0.29) is 34.6 Å². The third kappa shape index (κ3) is 2.54. The van der Waals surface area contributed by atoms with Gasteiger partial charge in [-0.05, 0) is 42.7 Å². The molecule has 3 fully saturated rings. The lowest BCUT2D eigenvalue weighted by Crippen LogP contribution is -2.43. The second-order valence-corrected chi connectivity index (χ2v) is 9.01. The van der Waals surface area contributed by atoms with Crippen molar-refractivity contribution in [2.75, 3.05) is 5.43 Å². The van der Waals surface area contributed by atoms with E-state index in [1.54, 1.807) is 19.1 Å². The Kier molecular flexibility index (Phi) is 4.29. The minimum atomic E-state index is -0.912. The Morgan fingerprint density at radius 2 is 2.00 bits per heavy atom. The third-order valence-corrected chi connectivity index (χ3v) is 7.94. The second kappa shape index (κ2) is 6.37. The number of ketones is 1. The van der Waals surface area contributed by atoms with E-state index in [1.807, 2.05) is 6.92 Å². The van der Waals surface area contributed by atoms with Crippen LogP contribution in [0.3, 0.4) is 0 Å². The van der Waals surface area contributed by atoms with Gasteiger partial charge < -0.3 is 5.11 Å². The van der Waals surface area contributed by atoms with Gasteiger partial charge in [-0.25, -0.2) is 0 Å². The van der Waals surface area contributed by atoms with Gasteiger partial charge in [-0.3, -0.25) is 25.1 Å². The zero-order valence-corrected chi connectivity index (χ0v) is 16.7. The lowest BCUT2D eigenvalue weighted by molar-refractivity contribution is -0.384. The SMILES string of the molecule is C[C@@H]1/C(=N\Nc2ccc([N+](=O)[O-])cc2)C[C@H]2[C@@]3(C)CC[C@@]2([C@@H](C)C(=O)O)C(=O)[C@@H]13. The highest BCUT2D eigenvalue weighted by molar-refractivity contribution is 6.03. The van der Waals surface area contributed by atoms with Crippen molar-refractivity contribution in [3.8, 4) is 0 Å². The van der Waals surface area contributed by atoms with E-state index in [9.17, 15) is 24.8 Å². The van der Waals surface area contributed by atoms with Crippen LogP contribution >= 0.6 is 0 Å². The van der Waals surface area contributed by atoms with Crippen LogP contribution in [-0.2, 0) is 9.59 Å². The molecule has 0 radical (unpaired) electrons. The van der Waals surface area contributed by atoms with Gasteiger partial charge in [0.25, 0.3) is 5.69 Å². The number of nitro benzene ring substituents is 1. The number of carbonyl (C=O) groups excluding carboxylic acids is 1. The van der Waals surface area contributed by atoms with Crippen molar-refractivity contribution in [1.82, 2.24) is 0 Å². The standard InChI is InChI=1S/C21H25N3O5/c1-11-15(23-22-13-4-6-14(7-5-13)24(28)29)10-16-20(3)8-9-21(16,12(2)19(26)27)18(25)17(11)20/h4-7,11-12,16-17,22H,8-10H2,1-3H3,(H,26,27)/b23-15-/t11-,12+,16+,17-,20-,21+/m1/s1. The molecule has 0 spiro atoms. The summed E-state index contributed by atoms with van der Waals surface area (Å²) in [5.74, 6) is -1.83. The van der Waals surface area contributed by atoms with Crippen molar-refractivity contribution in [3.05, 3.63) is 34.4 Å². The molecule has 6 atom stereocenters. The number of Topliss-reactive ketones (excluding diaryl/α,β-unsaturated/α-hetero) is 1. The summed E-state index contributed by atoms with van der Waals surface area (Å²) in [6.45, 7) is 5.81. The van der Waals surface area contributed by atoms with Crippen molar-refractivity contribution < 1.29 is 19.6 Å². The third-order valence-electron chi connectivity index (χ3n) is 7.94. The molecule has 0 heterocycles. The summed E-state index contributed by atoms with van der Waals surface area (Å²) in [6.07, 6.45) is 2.10. The number of hydrazone groups is 1. The summed E-state index contributed by atoms with van der Waals surface area (Å²) in [6, 6.07) is 6.00. The smallest absolute Gasteiger partial charge is 0.307 e. The van der Waals surface area contributed by atoms with Crippen LogP contribution < -0.4 is 5.43 Å². The molecule has 1 aromatic carbocycles. The second-order valence-electron chi connectivity index (χ2n) is 9.01. The van der Waals surface area contributed by atoms with Gasteiger partial charge in [0.05, 0.1) is 16.5 Å². The summed E-state index contributed by atoms with van der Waals surface area (Å²) >= 11 is 0. The van der Waals surface area contributed by atoms with E-state index < -0.39 is 22.2 Å². The maximum Gasteiger partial charge on any atom is 0.307 e. The molecule has 4 bridgehead atoms. The average molecular weight is 399 g/mol. The minimum Gasteiger partial charge on any atom is -0.481 e. The van der Waals surface area contributed by atoms with Crippen LogP contribution in [0.2, 0.25) is 0 Å². The van der Waals surface area contributed by atoms with Crippen molar-refractivity contribution in [2.24, 2.45) is 39.6 Å². The Bertz CT molecular complexity index is 927. The predicted molar refractivity (Wildman–Crippen MR) is 106 cm³/mol. The lowest BCUT2D eigenvalue weighted by atomic mass is 9.61. The number of nitrogens with one attached hydrogen (secondary N) is 1. The summed E-state index contributed by atoms with van der Waals surface area (Å²) in [5.41, 5.74) is 3.48. The van der Waals surface area contributed by atoms with Gasteiger partial charge in [0.2, 0.25) is 0 Å². The van der Waals surface area contributed by atoms with Gasteiger partial charge in [-0.2, -0.15) is 5.10 Å². The number of non-ortho nitro benzene ring substituents is 1. The molecule has 29 heavy (non-hydrogen) atoms. The molecular weight excluding hydrogens is 374 g/mol. The predicted octanol–water partition coefficient (Wildman–Crippen LogP) is 3.72. The molecule has 1 aromatic rings. The molecule has 4 rings (SSSR count). The Balaban J connectivity index is 1.63. The van der Waals surface area contributed by atoms with E-state index in [0.717, 1.165) is 12.1 Å². The van der Waals surface area contributed by atoms with Crippen molar-refractivity contribution >= 4 is 28.8 Å². The van der Waals surface area contributed by atoms with Crippen LogP contribution in [0.1, 0.15) is 40.0 Å². The maximum atomic E-state index is 13.5. The number of carbonyl (C=O) groups is 2. The number of anilines is 1. The van der Waals surface area contributed by atoms with Crippen LogP contribution in [0.25, 0.3) is 0 Å². The molecule has 3 aliphatic carbocycles. The van der Waals surface area contributed by atoms with Gasteiger partial charge in [-0.1, -0.05) is 20.8 Å². The first-order valence-electron chi connectivity index (χ1n) is 9.97. The van der Waals surface area contributed by atoms with Gasteiger partial charge in [-0.15, -0.1) is 0 Å². The van der Waals surface area contributed by atoms with E-state index >= 15 is 0 Å². The van der Waals surface area contributed by atoms with Crippen LogP contribution in [0.5, 0.6) is 0 Å². The number of rotatable bonds is 5. The van der Waals surface area contributed by atoms with E-state index in [1.165, 1.54) is 12.1 Å². The molecule has 2 N–H and O–H groups in total. The number of benzene rings is 1. The molecule has 0 saturated heterocycles. The lowest BCUT2D eigenvalue weighted by Gasteiger charge is -2.42. The fourth-order valence-corrected chi connectivity index (χ4v) is 6.36. The molecule has 3 saturated carbocycles. The van der Waals surface area contributed by atoms with Gasteiger partial charge >= 0.3 is 5.97 Å². The van der Waals surface area contributed by atoms with E-state index in [0.29, 0.717) is 18.5 Å². The Morgan fingerprint density at radius 3 is 2.59 bits per heavy atom. The van der Waals surface area contributed by atoms with E-state index in [4.69, 9.17) is 0 Å². The fourth-order valence-electron chi connectivity index (χ4n) is 6.36. The van der Waals surface area contributed by atoms with Crippen LogP contribution in [-0.4, -0.2) is 27.5 Å². The van der Waals surface area contributed by atoms with Gasteiger partial charge in [0.15, 0.2) is 0 Å². The Morgan fingerprint density at radius 1 is 1.34 bits per heavy atom. The molecule has 0 unspecified atom stereocenters. The minimum absolute atomic E-state index is 0.00646. The molecular formula is C21H25N3O5. The molecule has 8 nitrogen and oxygen atoms in total. The zero-order chi connectivity index (χ0) is 21.1. The quantitative estimate of drug-likeness (QED) is 0.575.